The van der Waals surface area contributed by atoms with Gasteiger partial charge in [0.05, 0.1) is 6.54 Å². The maximum Gasteiger partial charge on any atom is 0.160 e. The number of fused-ring (bicyclic) bond motifs is 1. The smallest absolute Gasteiger partial charge is 0.160 e. The molecule has 3 rings (SSSR count). The Morgan fingerprint density at radius 3 is 2.46 bits per heavy atom. The SMILES string of the molecule is CCCNc1ccc(Cn2c(CC)nc3c(C)cc(C)nc32)cc1. The van der Waals surface area contributed by atoms with E-state index in [0.29, 0.717) is 0 Å². The van der Waals surface area contributed by atoms with Gasteiger partial charge < -0.3 is 9.88 Å². The number of nitrogens with one attached hydrogen (secondary N) is 1. The summed E-state index contributed by atoms with van der Waals surface area (Å²) in [7, 11) is 0. The van der Waals surface area contributed by atoms with Gasteiger partial charge in [0.25, 0.3) is 0 Å². The van der Waals surface area contributed by atoms with Crippen LogP contribution in [0.15, 0.2) is 30.3 Å². The Bertz CT molecular complexity index is 831. The molecule has 1 N–H and O–H groups in total. The molecule has 0 atom stereocenters. The van der Waals surface area contributed by atoms with Gasteiger partial charge in [-0.2, -0.15) is 0 Å². The highest BCUT2D eigenvalue weighted by Crippen LogP contribution is 2.21. The number of hydrogen-bond acceptors (Lipinski definition) is 3. The van der Waals surface area contributed by atoms with E-state index in [1.54, 1.807) is 0 Å². The second-order valence-corrected chi connectivity index (χ2v) is 6.34. The molecule has 0 aliphatic heterocycles. The Morgan fingerprint density at radius 1 is 1.04 bits per heavy atom. The number of imidazole rings is 1. The largest absolute Gasteiger partial charge is 0.385 e. The average molecular weight is 322 g/mol. The van der Waals surface area contributed by atoms with Gasteiger partial charge in [-0.15, -0.1) is 0 Å². The number of anilines is 1. The van der Waals surface area contributed by atoms with Crippen LogP contribution in [0.1, 0.15) is 42.9 Å². The molecule has 0 fully saturated rings. The zero-order valence-electron chi connectivity index (χ0n) is 15.1. The van der Waals surface area contributed by atoms with E-state index in [1.165, 1.54) is 16.8 Å². The van der Waals surface area contributed by atoms with Crippen LogP contribution in [-0.4, -0.2) is 21.1 Å². The van der Waals surface area contributed by atoms with Gasteiger partial charge in [-0.05, 0) is 49.6 Å². The molecule has 2 aromatic heterocycles. The summed E-state index contributed by atoms with van der Waals surface area (Å²) in [6.07, 6.45) is 2.04. The zero-order valence-corrected chi connectivity index (χ0v) is 15.1. The fourth-order valence-corrected chi connectivity index (χ4v) is 3.06. The Kier molecular flexibility index (Phi) is 4.84. The minimum absolute atomic E-state index is 0.809. The standard InChI is InChI=1S/C20H26N4/c1-5-11-21-17-9-7-16(8-10-17)13-24-18(6-2)23-19-14(3)12-15(4)22-20(19)24/h7-10,12,21H,5-6,11,13H2,1-4H3. The maximum atomic E-state index is 4.81. The molecule has 4 nitrogen and oxygen atoms in total. The molecule has 4 heteroatoms. The summed E-state index contributed by atoms with van der Waals surface area (Å²) in [5.74, 6) is 1.10. The number of pyridine rings is 1. The molecular weight excluding hydrogens is 296 g/mol. The summed E-state index contributed by atoms with van der Waals surface area (Å²) in [4.78, 5) is 9.56. The van der Waals surface area contributed by atoms with Gasteiger partial charge in [0.2, 0.25) is 0 Å². The quantitative estimate of drug-likeness (QED) is 0.727. The number of benzene rings is 1. The molecule has 0 saturated heterocycles. The molecular formula is C20H26N4. The lowest BCUT2D eigenvalue weighted by Gasteiger charge is -2.10. The van der Waals surface area contributed by atoms with Crippen molar-refractivity contribution in [1.29, 1.82) is 0 Å². The van der Waals surface area contributed by atoms with Gasteiger partial charge in [0.15, 0.2) is 5.65 Å². The first kappa shape index (κ1) is 16.5. The van der Waals surface area contributed by atoms with Crippen LogP contribution in [0.3, 0.4) is 0 Å². The Balaban J connectivity index is 1.94. The number of aromatic nitrogens is 3. The van der Waals surface area contributed by atoms with E-state index in [-0.39, 0.29) is 0 Å². The van der Waals surface area contributed by atoms with E-state index in [0.717, 1.165) is 48.6 Å². The third kappa shape index (κ3) is 3.28. The molecule has 0 radical (unpaired) electrons. The monoisotopic (exact) mass is 322 g/mol. The van der Waals surface area contributed by atoms with Gasteiger partial charge in [0.1, 0.15) is 11.3 Å². The minimum Gasteiger partial charge on any atom is -0.385 e. The molecule has 3 aromatic rings. The summed E-state index contributed by atoms with van der Waals surface area (Å²) in [5, 5.41) is 3.42. The van der Waals surface area contributed by atoms with Crippen molar-refractivity contribution in [3.8, 4) is 0 Å². The fraction of sp³-hybridized carbons (Fsp3) is 0.400. The molecule has 0 saturated carbocycles. The van der Waals surface area contributed by atoms with Crippen LogP contribution < -0.4 is 5.32 Å². The maximum absolute atomic E-state index is 4.81. The van der Waals surface area contributed by atoms with Crippen LogP contribution >= 0.6 is 0 Å². The van der Waals surface area contributed by atoms with Crippen molar-refractivity contribution >= 4 is 16.9 Å². The van der Waals surface area contributed by atoms with Crippen molar-refractivity contribution in [2.45, 2.75) is 47.1 Å². The van der Waals surface area contributed by atoms with Gasteiger partial charge in [-0.1, -0.05) is 26.0 Å². The summed E-state index contributed by atoms with van der Waals surface area (Å²) in [6, 6.07) is 10.8. The van der Waals surface area contributed by atoms with E-state index in [9.17, 15) is 0 Å². The molecule has 2 heterocycles. The normalized spacial score (nSPS) is 11.2. The van der Waals surface area contributed by atoms with Crippen molar-refractivity contribution in [3.63, 3.8) is 0 Å². The predicted octanol–water partition coefficient (Wildman–Crippen LogP) is 4.48. The van der Waals surface area contributed by atoms with E-state index < -0.39 is 0 Å². The van der Waals surface area contributed by atoms with Gasteiger partial charge in [-0.3, -0.25) is 0 Å². The second kappa shape index (κ2) is 7.04. The molecule has 24 heavy (non-hydrogen) atoms. The zero-order chi connectivity index (χ0) is 17.1. The highest BCUT2D eigenvalue weighted by Gasteiger charge is 2.13. The predicted molar refractivity (Wildman–Crippen MR) is 101 cm³/mol. The average Bonchev–Trinajstić information content (AvgIpc) is 2.92. The van der Waals surface area contributed by atoms with Crippen LogP contribution in [0.5, 0.6) is 0 Å². The first-order valence-corrected chi connectivity index (χ1v) is 8.78. The third-order valence-corrected chi connectivity index (χ3v) is 4.29. The van der Waals surface area contributed by atoms with Crippen molar-refractivity contribution in [1.82, 2.24) is 14.5 Å². The molecule has 0 amide bonds. The third-order valence-electron chi connectivity index (χ3n) is 4.29. The molecule has 0 bridgehead atoms. The minimum atomic E-state index is 0.809. The Labute approximate surface area is 143 Å². The summed E-state index contributed by atoms with van der Waals surface area (Å²) in [5.41, 5.74) is 6.72. The van der Waals surface area contributed by atoms with E-state index in [4.69, 9.17) is 9.97 Å². The first-order valence-electron chi connectivity index (χ1n) is 8.78. The molecule has 0 unspecified atom stereocenters. The van der Waals surface area contributed by atoms with Crippen molar-refractivity contribution in [3.05, 3.63) is 53.0 Å². The first-order chi connectivity index (χ1) is 11.6. The molecule has 126 valence electrons. The van der Waals surface area contributed by atoms with Crippen LogP contribution in [-0.2, 0) is 13.0 Å². The van der Waals surface area contributed by atoms with Gasteiger partial charge in [-0.25, -0.2) is 9.97 Å². The summed E-state index contributed by atoms with van der Waals surface area (Å²) in [6.45, 7) is 10.3. The molecule has 0 aliphatic carbocycles. The Hall–Kier alpha value is -2.36. The molecule has 0 spiro atoms. The van der Waals surface area contributed by atoms with Crippen LogP contribution in [0.25, 0.3) is 11.2 Å². The fourth-order valence-electron chi connectivity index (χ4n) is 3.06. The highest BCUT2D eigenvalue weighted by molar-refractivity contribution is 5.76. The summed E-state index contributed by atoms with van der Waals surface area (Å²) < 4.78 is 2.25. The van der Waals surface area contributed by atoms with Gasteiger partial charge in [0, 0.05) is 24.3 Å². The highest BCUT2D eigenvalue weighted by atomic mass is 15.1. The number of rotatable bonds is 6. The van der Waals surface area contributed by atoms with Crippen molar-refractivity contribution in [2.75, 3.05) is 11.9 Å². The van der Waals surface area contributed by atoms with Crippen LogP contribution in [0.2, 0.25) is 0 Å². The van der Waals surface area contributed by atoms with Gasteiger partial charge >= 0.3 is 0 Å². The van der Waals surface area contributed by atoms with Crippen LogP contribution in [0, 0.1) is 13.8 Å². The lowest BCUT2D eigenvalue weighted by atomic mass is 10.2. The lowest BCUT2D eigenvalue weighted by Crippen LogP contribution is -2.06. The lowest BCUT2D eigenvalue weighted by molar-refractivity contribution is 0.745. The molecule has 1 aromatic carbocycles. The van der Waals surface area contributed by atoms with E-state index in [1.807, 2.05) is 6.92 Å². The molecule has 0 aliphatic rings. The van der Waals surface area contributed by atoms with Crippen molar-refractivity contribution < 1.29 is 0 Å². The summed E-state index contributed by atoms with van der Waals surface area (Å²) >= 11 is 0. The number of nitrogens with zero attached hydrogens (tertiary/aromatic N) is 3. The number of hydrogen-bond donors (Lipinski definition) is 1. The van der Waals surface area contributed by atoms with Crippen molar-refractivity contribution in [2.24, 2.45) is 0 Å². The van der Waals surface area contributed by atoms with Crippen LogP contribution in [0.4, 0.5) is 5.69 Å². The topological polar surface area (TPSA) is 42.7 Å². The Morgan fingerprint density at radius 2 is 1.79 bits per heavy atom. The second-order valence-electron chi connectivity index (χ2n) is 6.34. The number of aryl methyl sites for hydroxylation is 3. The van der Waals surface area contributed by atoms with E-state index >= 15 is 0 Å². The van der Waals surface area contributed by atoms with E-state index in [2.05, 4.69) is 61.0 Å².